The molecule has 0 aliphatic heterocycles. The van der Waals surface area contributed by atoms with Crippen molar-refractivity contribution < 1.29 is 14.3 Å². The summed E-state index contributed by atoms with van der Waals surface area (Å²) in [6.45, 7) is 9.57. The van der Waals surface area contributed by atoms with Crippen molar-refractivity contribution in [3.63, 3.8) is 0 Å². The van der Waals surface area contributed by atoms with Crippen molar-refractivity contribution in [3.8, 4) is 0 Å². The van der Waals surface area contributed by atoms with Gasteiger partial charge >= 0.3 is 6.09 Å². The van der Waals surface area contributed by atoms with Crippen LogP contribution >= 0.6 is 0 Å². The Labute approximate surface area is 127 Å². The largest absolute Gasteiger partial charge is 0.444 e. The van der Waals surface area contributed by atoms with E-state index in [1.807, 2.05) is 27.8 Å². The normalized spacial score (nSPS) is 16.6. The summed E-state index contributed by atoms with van der Waals surface area (Å²) in [7, 11) is 1.82. The lowest BCUT2D eigenvalue weighted by Gasteiger charge is -2.48. The summed E-state index contributed by atoms with van der Waals surface area (Å²) < 4.78 is 5.24. The fraction of sp³-hybridized carbons (Fsp3) is 0.750. The molecule has 120 valence electrons. The Morgan fingerprint density at radius 3 is 2.43 bits per heavy atom. The molecule has 0 bridgehead atoms. The van der Waals surface area contributed by atoms with Crippen molar-refractivity contribution in [2.45, 2.75) is 64.0 Å². The number of nitrogens with zero attached hydrogens (tertiary/aromatic N) is 1. The maximum atomic E-state index is 12.1. The van der Waals surface area contributed by atoms with E-state index in [0.29, 0.717) is 19.4 Å². The van der Waals surface area contributed by atoms with Crippen LogP contribution in [0.15, 0.2) is 12.7 Å². The third-order valence-electron chi connectivity index (χ3n) is 3.89. The lowest BCUT2D eigenvalue weighted by molar-refractivity contribution is -0.139. The van der Waals surface area contributed by atoms with Gasteiger partial charge in [-0.25, -0.2) is 4.79 Å². The fourth-order valence-electron chi connectivity index (χ4n) is 2.42. The van der Waals surface area contributed by atoms with Gasteiger partial charge in [0.2, 0.25) is 5.91 Å². The molecular weight excluding hydrogens is 268 g/mol. The number of ether oxygens (including phenoxy) is 1. The van der Waals surface area contributed by atoms with Crippen LogP contribution < -0.4 is 5.32 Å². The Bertz CT molecular complexity index is 395. The second kappa shape index (κ2) is 6.96. The van der Waals surface area contributed by atoms with E-state index < -0.39 is 11.7 Å². The molecular formula is C16H28N2O3. The molecule has 0 spiro atoms. The van der Waals surface area contributed by atoms with Crippen LogP contribution in [0.3, 0.4) is 0 Å². The Morgan fingerprint density at radius 2 is 2.00 bits per heavy atom. The second-order valence-corrected chi connectivity index (χ2v) is 6.71. The Balaban J connectivity index is 2.54. The highest BCUT2D eigenvalue weighted by Crippen LogP contribution is 2.36. The molecule has 0 aromatic carbocycles. The summed E-state index contributed by atoms with van der Waals surface area (Å²) in [5.74, 6) is 0.0978. The molecule has 0 aromatic heterocycles. The molecule has 21 heavy (non-hydrogen) atoms. The maximum absolute atomic E-state index is 12.1. The minimum absolute atomic E-state index is 0.0978. The Hall–Kier alpha value is -1.52. The molecule has 1 fully saturated rings. The molecule has 0 atom stereocenters. The summed E-state index contributed by atoms with van der Waals surface area (Å²) in [5.41, 5.74) is -0.766. The van der Waals surface area contributed by atoms with Crippen LogP contribution in [-0.2, 0) is 9.53 Å². The first-order valence-corrected chi connectivity index (χ1v) is 7.55. The standard InChI is InChI=1S/C16H28N2O3/c1-6-7-9-13(19)18(5)16(10-8-11-16)12-17-14(20)21-15(2,3)4/h6H,1,7-12H2,2-5H3,(H,17,20). The summed E-state index contributed by atoms with van der Waals surface area (Å²) in [4.78, 5) is 25.7. The Kier molecular flexibility index (Phi) is 5.81. The van der Waals surface area contributed by atoms with E-state index in [1.165, 1.54) is 0 Å². The zero-order valence-electron chi connectivity index (χ0n) is 13.7. The smallest absolute Gasteiger partial charge is 0.407 e. The van der Waals surface area contributed by atoms with Crippen molar-refractivity contribution in [1.29, 1.82) is 0 Å². The van der Waals surface area contributed by atoms with Gasteiger partial charge < -0.3 is 15.0 Å². The first kappa shape index (κ1) is 17.5. The number of allylic oxidation sites excluding steroid dienone is 1. The summed E-state index contributed by atoms with van der Waals surface area (Å²) >= 11 is 0. The third kappa shape index (κ3) is 5.06. The molecule has 5 nitrogen and oxygen atoms in total. The number of amides is 2. The van der Waals surface area contributed by atoms with E-state index in [-0.39, 0.29) is 11.4 Å². The molecule has 1 rings (SSSR count). The average molecular weight is 296 g/mol. The van der Waals surface area contributed by atoms with Gasteiger partial charge in [0, 0.05) is 20.0 Å². The van der Waals surface area contributed by atoms with E-state index in [9.17, 15) is 9.59 Å². The minimum atomic E-state index is -0.511. The van der Waals surface area contributed by atoms with E-state index in [0.717, 1.165) is 19.3 Å². The molecule has 0 unspecified atom stereocenters. The van der Waals surface area contributed by atoms with Crippen LogP contribution in [0.5, 0.6) is 0 Å². The SMILES string of the molecule is C=CCCC(=O)N(C)C1(CNC(=O)OC(C)(C)C)CCC1. The van der Waals surface area contributed by atoms with Gasteiger partial charge in [0.25, 0.3) is 0 Å². The predicted octanol–water partition coefficient (Wildman–Crippen LogP) is 2.86. The van der Waals surface area contributed by atoms with Crippen LogP contribution in [0, 0.1) is 0 Å². The molecule has 1 N–H and O–H groups in total. The maximum Gasteiger partial charge on any atom is 0.407 e. The van der Waals surface area contributed by atoms with Gasteiger partial charge in [-0.1, -0.05) is 6.08 Å². The molecule has 0 heterocycles. The molecule has 0 saturated heterocycles. The van der Waals surface area contributed by atoms with E-state index >= 15 is 0 Å². The van der Waals surface area contributed by atoms with Crippen LogP contribution in [0.25, 0.3) is 0 Å². The number of likely N-dealkylation sites (N-methyl/N-ethyl adjacent to an activating group) is 1. The van der Waals surface area contributed by atoms with Gasteiger partial charge in [0.15, 0.2) is 0 Å². The first-order chi connectivity index (χ1) is 9.70. The lowest BCUT2D eigenvalue weighted by Crippen LogP contribution is -2.60. The molecule has 2 amide bonds. The molecule has 1 aliphatic rings. The third-order valence-corrected chi connectivity index (χ3v) is 3.89. The summed E-state index contributed by atoms with van der Waals surface area (Å²) in [5, 5.41) is 2.80. The number of nitrogens with one attached hydrogen (secondary N) is 1. The van der Waals surface area contributed by atoms with Crippen molar-refractivity contribution >= 4 is 12.0 Å². The van der Waals surface area contributed by atoms with Crippen molar-refractivity contribution in [3.05, 3.63) is 12.7 Å². The van der Waals surface area contributed by atoms with Gasteiger partial charge in [-0.3, -0.25) is 4.79 Å². The van der Waals surface area contributed by atoms with Crippen LogP contribution in [0.4, 0.5) is 4.79 Å². The van der Waals surface area contributed by atoms with Gasteiger partial charge in [0.05, 0.1) is 5.54 Å². The van der Waals surface area contributed by atoms with Gasteiger partial charge in [-0.2, -0.15) is 0 Å². The summed E-state index contributed by atoms with van der Waals surface area (Å²) in [6, 6.07) is 0. The molecule has 0 radical (unpaired) electrons. The highest BCUT2D eigenvalue weighted by Gasteiger charge is 2.43. The monoisotopic (exact) mass is 296 g/mol. The average Bonchev–Trinajstić information content (AvgIpc) is 2.32. The van der Waals surface area contributed by atoms with Crippen molar-refractivity contribution in [2.75, 3.05) is 13.6 Å². The lowest BCUT2D eigenvalue weighted by atomic mass is 9.75. The van der Waals surface area contributed by atoms with Crippen LogP contribution in [-0.4, -0.2) is 41.6 Å². The number of rotatable bonds is 6. The van der Waals surface area contributed by atoms with Gasteiger partial charge in [-0.05, 0) is 46.5 Å². The van der Waals surface area contributed by atoms with Crippen molar-refractivity contribution in [2.24, 2.45) is 0 Å². The van der Waals surface area contributed by atoms with Gasteiger partial charge in [0.1, 0.15) is 5.60 Å². The fourth-order valence-corrected chi connectivity index (χ4v) is 2.42. The topological polar surface area (TPSA) is 58.6 Å². The molecule has 1 aliphatic carbocycles. The zero-order chi connectivity index (χ0) is 16.1. The Morgan fingerprint density at radius 1 is 1.38 bits per heavy atom. The van der Waals surface area contributed by atoms with Crippen LogP contribution in [0.1, 0.15) is 52.9 Å². The molecule has 5 heteroatoms. The summed E-state index contributed by atoms with van der Waals surface area (Å²) in [6.07, 6.45) is 5.37. The predicted molar refractivity (Wildman–Crippen MR) is 83.0 cm³/mol. The quantitative estimate of drug-likeness (QED) is 0.767. The van der Waals surface area contributed by atoms with E-state index in [2.05, 4.69) is 11.9 Å². The van der Waals surface area contributed by atoms with E-state index in [1.54, 1.807) is 11.0 Å². The van der Waals surface area contributed by atoms with E-state index in [4.69, 9.17) is 4.74 Å². The number of carbonyl (C=O) groups is 2. The second-order valence-electron chi connectivity index (χ2n) is 6.71. The first-order valence-electron chi connectivity index (χ1n) is 7.55. The molecule has 1 saturated carbocycles. The van der Waals surface area contributed by atoms with Crippen LogP contribution in [0.2, 0.25) is 0 Å². The van der Waals surface area contributed by atoms with Gasteiger partial charge in [-0.15, -0.1) is 6.58 Å². The number of carbonyl (C=O) groups excluding carboxylic acids is 2. The number of hydrogen-bond donors (Lipinski definition) is 1. The van der Waals surface area contributed by atoms with Crippen molar-refractivity contribution in [1.82, 2.24) is 10.2 Å². The zero-order valence-corrected chi connectivity index (χ0v) is 13.7. The number of hydrogen-bond acceptors (Lipinski definition) is 3. The minimum Gasteiger partial charge on any atom is -0.444 e. The highest BCUT2D eigenvalue weighted by atomic mass is 16.6. The molecule has 0 aromatic rings. The number of alkyl carbamates (subject to hydrolysis) is 1. The highest BCUT2D eigenvalue weighted by molar-refractivity contribution is 5.77.